The summed E-state index contributed by atoms with van der Waals surface area (Å²) < 4.78 is 59.5. The van der Waals surface area contributed by atoms with Crippen molar-refractivity contribution in [3.8, 4) is 6.07 Å². The Kier molecular flexibility index (Phi) is 3.62. The zero-order valence-corrected chi connectivity index (χ0v) is 10.0. The van der Waals surface area contributed by atoms with Gasteiger partial charge in [-0.25, -0.2) is 8.42 Å². The Morgan fingerprint density at radius 1 is 1.29 bits per heavy atom. The standard InChI is InChI=1S/C8H2Cl2F3NO2S/c9-7-5(8(11,12)13)1-4(3-14)2-6(7)17(10,15)16/h1-2H. The number of rotatable bonds is 1. The van der Waals surface area contributed by atoms with Gasteiger partial charge in [0.15, 0.2) is 0 Å². The van der Waals surface area contributed by atoms with Crippen LogP contribution < -0.4 is 0 Å². The zero-order valence-electron chi connectivity index (χ0n) is 7.72. The first-order valence-electron chi connectivity index (χ1n) is 3.83. The number of halogens is 5. The minimum absolute atomic E-state index is 0.452. The van der Waals surface area contributed by atoms with Crippen LogP contribution in [0.2, 0.25) is 5.02 Å². The molecule has 0 atom stereocenters. The summed E-state index contributed by atoms with van der Waals surface area (Å²) in [4.78, 5) is -0.938. The Labute approximate surface area is 104 Å². The quantitative estimate of drug-likeness (QED) is 0.749. The monoisotopic (exact) mass is 303 g/mol. The summed E-state index contributed by atoms with van der Waals surface area (Å²) in [5.41, 5.74) is -1.92. The highest BCUT2D eigenvalue weighted by Crippen LogP contribution is 2.39. The van der Waals surface area contributed by atoms with Crippen molar-refractivity contribution in [1.29, 1.82) is 5.26 Å². The van der Waals surface area contributed by atoms with Gasteiger partial charge in [0.05, 0.1) is 22.2 Å². The van der Waals surface area contributed by atoms with Crippen molar-refractivity contribution in [2.75, 3.05) is 0 Å². The summed E-state index contributed by atoms with van der Waals surface area (Å²) >= 11 is 5.31. The molecule has 1 aromatic carbocycles. The summed E-state index contributed by atoms with van der Waals surface area (Å²) in [7, 11) is 0.466. The number of nitriles is 1. The average molecular weight is 304 g/mol. The predicted octanol–water partition coefficient (Wildman–Crippen LogP) is 3.16. The average Bonchev–Trinajstić information content (AvgIpc) is 2.14. The van der Waals surface area contributed by atoms with Crippen molar-refractivity contribution < 1.29 is 21.6 Å². The van der Waals surface area contributed by atoms with Crippen molar-refractivity contribution >= 4 is 31.3 Å². The van der Waals surface area contributed by atoms with E-state index in [0.717, 1.165) is 0 Å². The molecule has 0 aromatic heterocycles. The van der Waals surface area contributed by atoms with Crippen molar-refractivity contribution in [3.63, 3.8) is 0 Å². The molecule has 0 aliphatic heterocycles. The molecule has 92 valence electrons. The van der Waals surface area contributed by atoms with Crippen LogP contribution in [0.1, 0.15) is 11.1 Å². The van der Waals surface area contributed by atoms with E-state index >= 15 is 0 Å². The molecule has 0 fully saturated rings. The maximum atomic E-state index is 12.5. The summed E-state index contributed by atoms with van der Waals surface area (Å²) in [6.45, 7) is 0. The minimum atomic E-state index is -4.87. The molecular formula is C8H2Cl2F3NO2S. The van der Waals surface area contributed by atoms with Crippen molar-refractivity contribution in [2.45, 2.75) is 11.1 Å². The molecule has 17 heavy (non-hydrogen) atoms. The maximum absolute atomic E-state index is 12.5. The molecule has 0 N–H and O–H groups in total. The number of nitrogens with zero attached hydrogens (tertiary/aromatic N) is 1. The minimum Gasteiger partial charge on any atom is -0.207 e. The van der Waals surface area contributed by atoms with Crippen LogP contribution in [0.25, 0.3) is 0 Å². The largest absolute Gasteiger partial charge is 0.417 e. The van der Waals surface area contributed by atoms with Crippen LogP contribution in [-0.4, -0.2) is 8.42 Å². The van der Waals surface area contributed by atoms with Gasteiger partial charge in [0.2, 0.25) is 0 Å². The van der Waals surface area contributed by atoms with E-state index in [1.807, 2.05) is 0 Å². The Morgan fingerprint density at radius 2 is 1.82 bits per heavy atom. The third-order valence-electron chi connectivity index (χ3n) is 1.74. The van der Waals surface area contributed by atoms with Crippen LogP contribution in [0, 0.1) is 11.3 Å². The highest BCUT2D eigenvalue weighted by molar-refractivity contribution is 8.13. The molecule has 0 aliphatic carbocycles. The molecule has 1 aromatic rings. The lowest BCUT2D eigenvalue weighted by molar-refractivity contribution is -0.137. The Morgan fingerprint density at radius 3 is 2.18 bits per heavy atom. The predicted molar refractivity (Wildman–Crippen MR) is 54.2 cm³/mol. The second-order valence-corrected chi connectivity index (χ2v) is 5.80. The molecule has 0 radical (unpaired) electrons. The van der Waals surface area contributed by atoms with Crippen LogP contribution in [0.5, 0.6) is 0 Å². The Bertz CT molecular complexity index is 604. The van der Waals surface area contributed by atoms with Gasteiger partial charge >= 0.3 is 6.18 Å². The van der Waals surface area contributed by atoms with Crippen LogP contribution in [-0.2, 0) is 15.2 Å². The van der Waals surface area contributed by atoms with Crippen LogP contribution in [0.4, 0.5) is 13.2 Å². The van der Waals surface area contributed by atoms with E-state index in [2.05, 4.69) is 0 Å². The number of hydrogen-bond acceptors (Lipinski definition) is 3. The van der Waals surface area contributed by atoms with E-state index < -0.39 is 36.3 Å². The highest BCUT2D eigenvalue weighted by atomic mass is 35.7. The molecule has 1 rings (SSSR count). The fraction of sp³-hybridized carbons (Fsp3) is 0.125. The summed E-state index contributed by atoms with van der Waals surface area (Å²) in [5.74, 6) is 0. The molecule has 0 heterocycles. The second-order valence-electron chi connectivity index (χ2n) is 2.88. The number of hydrogen-bond donors (Lipinski definition) is 0. The van der Waals surface area contributed by atoms with E-state index in [1.165, 1.54) is 6.07 Å². The summed E-state index contributed by atoms with van der Waals surface area (Å²) in [6.07, 6.45) is -4.87. The van der Waals surface area contributed by atoms with Gasteiger partial charge in [-0.1, -0.05) is 11.6 Å². The molecule has 0 unspecified atom stereocenters. The lowest BCUT2D eigenvalue weighted by atomic mass is 10.1. The molecule has 3 nitrogen and oxygen atoms in total. The van der Waals surface area contributed by atoms with E-state index in [0.29, 0.717) is 12.1 Å². The van der Waals surface area contributed by atoms with Gasteiger partial charge in [-0.05, 0) is 12.1 Å². The van der Waals surface area contributed by atoms with E-state index in [9.17, 15) is 21.6 Å². The van der Waals surface area contributed by atoms with Gasteiger partial charge in [-0.2, -0.15) is 18.4 Å². The SMILES string of the molecule is N#Cc1cc(C(F)(F)F)c(Cl)c(S(=O)(=O)Cl)c1. The van der Waals surface area contributed by atoms with Crippen molar-refractivity contribution in [1.82, 2.24) is 0 Å². The molecular weight excluding hydrogens is 302 g/mol. The first-order valence-corrected chi connectivity index (χ1v) is 6.51. The van der Waals surface area contributed by atoms with Gasteiger partial charge < -0.3 is 0 Å². The normalized spacial score (nSPS) is 12.2. The molecule has 0 saturated carbocycles. The van der Waals surface area contributed by atoms with Gasteiger partial charge in [-0.15, -0.1) is 0 Å². The van der Waals surface area contributed by atoms with Crippen LogP contribution >= 0.6 is 22.3 Å². The molecule has 0 saturated heterocycles. The molecule has 0 amide bonds. The third kappa shape index (κ3) is 3.03. The molecule has 0 bridgehead atoms. The number of alkyl halides is 3. The van der Waals surface area contributed by atoms with Crippen LogP contribution in [0.3, 0.4) is 0 Å². The lowest BCUT2D eigenvalue weighted by Gasteiger charge is -2.11. The fourth-order valence-electron chi connectivity index (χ4n) is 1.05. The molecule has 9 heteroatoms. The fourth-order valence-corrected chi connectivity index (χ4v) is 2.64. The summed E-state index contributed by atoms with van der Waals surface area (Å²) in [5, 5.41) is 7.46. The van der Waals surface area contributed by atoms with Gasteiger partial charge in [0, 0.05) is 10.7 Å². The lowest BCUT2D eigenvalue weighted by Crippen LogP contribution is -2.09. The summed E-state index contributed by atoms with van der Waals surface area (Å²) in [6, 6.07) is 2.53. The van der Waals surface area contributed by atoms with E-state index in [1.54, 1.807) is 0 Å². The Hall–Kier alpha value is -0.970. The second kappa shape index (κ2) is 4.37. The smallest absolute Gasteiger partial charge is 0.207 e. The topological polar surface area (TPSA) is 57.9 Å². The van der Waals surface area contributed by atoms with Crippen molar-refractivity contribution in [2.24, 2.45) is 0 Å². The number of benzene rings is 1. The van der Waals surface area contributed by atoms with Gasteiger partial charge in [0.25, 0.3) is 9.05 Å². The first-order chi connectivity index (χ1) is 7.57. The van der Waals surface area contributed by atoms with E-state index in [4.69, 9.17) is 27.5 Å². The highest BCUT2D eigenvalue weighted by Gasteiger charge is 2.36. The van der Waals surface area contributed by atoms with Gasteiger partial charge in [0.1, 0.15) is 4.90 Å². The van der Waals surface area contributed by atoms with Crippen LogP contribution in [0.15, 0.2) is 17.0 Å². The first kappa shape index (κ1) is 14.1. The molecule has 0 aliphatic rings. The van der Waals surface area contributed by atoms with Crippen molar-refractivity contribution in [3.05, 3.63) is 28.3 Å². The Balaban J connectivity index is 3.73. The maximum Gasteiger partial charge on any atom is 0.417 e. The van der Waals surface area contributed by atoms with Gasteiger partial charge in [-0.3, -0.25) is 0 Å². The van der Waals surface area contributed by atoms with E-state index in [-0.39, 0.29) is 0 Å². The zero-order chi connectivity index (χ0) is 13.4. The third-order valence-corrected chi connectivity index (χ3v) is 3.60. The molecule has 0 spiro atoms.